The van der Waals surface area contributed by atoms with Crippen LogP contribution in [0.2, 0.25) is 0 Å². The van der Waals surface area contributed by atoms with Crippen LogP contribution in [0.3, 0.4) is 0 Å². The van der Waals surface area contributed by atoms with Gasteiger partial charge in [0.2, 0.25) is 0 Å². The van der Waals surface area contributed by atoms with Crippen molar-refractivity contribution >= 4 is 5.69 Å². The van der Waals surface area contributed by atoms with Gasteiger partial charge in [0, 0.05) is 18.4 Å². The molecule has 1 aromatic rings. The van der Waals surface area contributed by atoms with E-state index < -0.39 is 0 Å². The highest BCUT2D eigenvalue weighted by atomic mass is 16.5. The Balaban J connectivity index is 1.94. The molecule has 0 aromatic carbocycles. The molecule has 3 heteroatoms. The average Bonchev–Trinajstić information content (AvgIpc) is 2.17. The second kappa shape index (κ2) is 4.62. The van der Waals surface area contributed by atoms with E-state index in [-0.39, 0.29) is 0 Å². The summed E-state index contributed by atoms with van der Waals surface area (Å²) < 4.78 is 5.70. The minimum Gasteiger partial charge on any atom is -0.381 e. The van der Waals surface area contributed by atoms with Gasteiger partial charge in [0.25, 0.3) is 0 Å². The lowest BCUT2D eigenvalue weighted by Crippen LogP contribution is -2.36. The van der Waals surface area contributed by atoms with Crippen molar-refractivity contribution in [3.8, 4) is 0 Å². The maximum Gasteiger partial charge on any atom is 0.0570 e. The van der Waals surface area contributed by atoms with Crippen molar-refractivity contribution in [2.75, 3.05) is 5.32 Å². The molecular formula is C12H18N2O. The molecule has 2 rings (SSSR count). The van der Waals surface area contributed by atoms with Crippen molar-refractivity contribution < 1.29 is 4.74 Å². The van der Waals surface area contributed by atoms with Gasteiger partial charge >= 0.3 is 0 Å². The van der Waals surface area contributed by atoms with Crippen molar-refractivity contribution in [3.05, 3.63) is 24.5 Å². The number of ether oxygens (including phenoxy) is 1. The van der Waals surface area contributed by atoms with Crippen molar-refractivity contribution in [1.82, 2.24) is 4.98 Å². The predicted molar refractivity (Wildman–Crippen MR) is 60.9 cm³/mol. The van der Waals surface area contributed by atoms with E-state index in [2.05, 4.69) is 30.2 Å². The molecule has 0 spiro atoms. The Morgan fingerprint density at radius 2 is 2.07 bits per heavy atom. The third-order valence-electron chi connectivity index (χ3n) is 2.73. The Labute approximate surface area is 90.9 Å². The second-order valence-corrected chi connectivity index (χ2v) is 4.31. The molecule has 1 fully saturated rings. The molecule has 0 radical (unpaired) electrons. The summed E-state index contributed by atoms with van der Waals surface area (Å²) in [6.45, 7) is 4.27. The monoisotopic (exact) mass is 206 g/mol. The lowest BCUT2D eigenvalue weighted by Gasteiger charge is -2.33. The number of hydrogen-bond acceptors (Lipinski definition) is 3. The molecule has 0 amide bonds. The first-order valence-corrected chi connectivity index (χ1v) is 5.56. The molecule has 1 aliphatic heterocycles. The molecule has 2 heterocycles. The maximum atomic E-state index is 5.70. The first-order chi connectivity index (χ1) is 7.24. The standard InChI is InChI=1S/C12H18N2O/c1-9-6-12(7-10(2)15-9)14-11-4-3-5-13-8-11/h3-5,8-10,12,14H,6-7H2,1-2H3/t9-,10-/m1/s1. The highest BCUT2D eigenvalue weighted by molar-refractivity contribution is 5.40. The van der Waals surface area contributed by atoms with Gasteiger partial charge in [0.15, 0.2) is 0 Å². The number of pyridine rings is 1. The minimum absolute atomic E-state index is 0.350. The van der Waals surface area contributed by atoms with Crippen LogP contribution in [0.25, 0.3) is 0 Å². The average molecular weight is 206 g/mol. The van der Waals surface area contributed by atoms with E-state index in [4.69, 9.17) is 4.74 Å². The Morgan fingerprint density at radius 1 is 1.33 bits per heavy atom. The third kappa shape index (κ3) is 2.93. The Kier molecular flexibility index (Phi) is 3.21. The molecule has 0 unspecified atom stereocenters. The van der Waals surface area contributed by atoms with Crippen LogP contribution in [0.1, 0.15) is 26.7 Å². The topological polar surface area (TPSA) is 34.2 Å². The van der Waals surface area contributed by atoms with Gasteiger partial charge in [-0.3, -0.25) is 4.98 Å². The molecule has 15 heavy (non-hydrogen) atoms. The summed E-state index contributed by atoms with van der Waals surface area (Å²) in [6, 6.07) is 4.51. The van der Waals surface area contributed by atoms with Gasteiger partial charge in [-0.1, -0.05) is 0 Å². The summed E-state index contributed by atoms with van der Waals surface area (Å²) in [4.78, 5) is 4.09. The Bertz CT molecular complexity index is 292. The molecule has 1 aliphatic rings. The summed E-state index contributed by atoms with van der Waals surface area (Å²) in [5, 5.41) is 3.50. The lowest BCUT2D eigenvalue weighted by molar-refractivity contribution is -0.0337. The van der Waals surface area contributed by atoms with E-state index in [1.54, 1.807) is 6.20 Å². The summed E-state index contributed by atoms with van der Waals surface area (Å²) in [5.41, 5.74) is 1.10. The first kappa shape index (κ1) is 10.4. The summed E-state index contributed by atoms with van der Waals surface area (Å²) >= 11 is 0. The highest BCUT2D eigenvalue weighted by Crippen LogP contribution is 2.22. The quantitative estimate of drug-likeness (QED) is 0.807. The summed E-state index contributed by atoms with van der Waals surface area (Å²) in [6.07, 6.45) is 6.50. The van der Waals surface area contributed by atoms with Crippen LogP contribution in [0, 0.1) is 0 Å². The molecule has 82 valence electrons. The number of hydrogen-bond donors (Lipinski definition) is 1. The lowest BCUT2D eigenvalue weighted by atomic mass is 10.00. The normalized spacial score (nSPS) is 31.2. The number of anilines is 1. The van der Waals surface area contributed by atoms with Crippen LogP contribution in [0.15, 0.2) is 24.5 Å². The van der Waals surface area contributed by atoms with E-state index in [0.29, 0.717) is 18.2 Å². The molecule has 0 aliphatic carbocycles. The molecule has 1 N–H and O–H groups in total. The van der Waals surface area contributed by atoms with Crippen LogP contribution in [0.4, 0.5) is 5.69 Å². The van der Waals surface area contributed by atoms with Crippen LogP contribution < -0.4 is 5.32 Å². The van der Waals surface area contributed by atoms with Crippen molar-refractivity contribution in [2.24, 2.45) is 0 Å². The van der Waals surface area contributed by atoms with Crippen LogP contribution in [-0.2, 0) is 4.74 Å². The Morgan fingerprint density at radius 3 is 2.67 bits per heavy atom. The Hall–Kier alpha value is -1.09. The van der Waals surface area contributed by atoms with Gasteiger partial charge in [0.1, 0.15) is 0 Å². The fraction of sp³-hybridized carbons (Fsp3) is 0.583. The molecule has 1 aromatic heterocycles. The predicted octanol–water partition coefficient (Wildman–Crippen LogP) is 2.45. The number of nitrogens with one attached hydrogen (secondary N) is 1. The zero-order valence-electron chi connectivity index (χ0n) is 9.31. The van der Waals surface area contributed by atoms with E-state index in [0.717, 1.165) is 18.5 Å². The number of nitrogens with zero attached hydrogens (tertiary/aromatic N) is 1. The van der Waals surface area contributed by atoms with Gasteiger partial charge in [-0.05, 0) is 38.8 Å². The van der Waals surface area contributed by atoms with Crippen molar-refractivity contribution in [2.45, 2.75) is 44.9 Å². The van der Waals surface area contributed by atoms with Crippen molar-refractivity contribution in [3.63, 3.8) is 0 Å². The molecule has 2 atom stereocenters. The van der Waals surface area contributed by atoms with Gasteiger partial charge in [0.05, 0.1) is 17.9 Å². The zero-order valence-corrected chi connectivity index (χ0v) is 9.31. The third-order valence-corrected chi connectivity index (χ3v) is 2.73. The van der Waals surface area contributed by atoms with Gasteiger partial charge < -0.3 is 10.1 Å². The van der Waals surface area contributed by atoms with Gasteiger partial charge in [-0.15, -0.1) is 0 Å². The summed E-state index contributed by atoms with van der Waals surface area (Å²) in [7, 11) is 0. The van der Waals surface area contributed by atoms with E-state index in [1.165, 1.54) is 0 Å². The van der Waals surface area contributed by atoms with Gasteiger partial charge in [-0.2, -0.15) is 0 Å². The molecule has 0 bridgehead atoms. The number of aromatic nitrogens is 1. The second-order valence-electron chi connectivity index (χ2n) is 4.31. The highest BCUT2D eigenvalue weighted by Gasteiger charge is 2.23. The molecule has 1 saturated heterocycles. The van der Waals surface area contributed by atoms with Crippen LogP contribution in [0.5, 0.6) is 0 Å². The largest absolute Gasteiger partial charge is 0.381 e. The van der Waals surface area contributed by atoms with E-state index in [9.17, 15) is 0 Å². The van der Waals surface area contributed by atoms with E-state index >= 15 is 0 Å². The summed E-state index contributed by atoms with van der Waals surface area (Å²) in [5.74, 6) is 0. The first-order valence-electron chi connectivity index (χ1n) is 5.56. The fourth-order valence-electron chi connectivity index (χ4n) is 2.21. The maximum absolute atomic E-state index is 5.70. The molecule has 0 saturated carbocycles. The number of rotatable bonds is 2. The van der Waals surface area contributed by atoms with Crippen molar-refractivity contribution in [1.29, 1.82) is 0 Å². The molecule has 3 nitrogen and oxygen atoms in total. The van der Waals surface area contributed by atoms with Crippen LogP contribution >= 0.6 is 0 Å². The minimum atomic E-state index is 0.350. The van der Waals surface area contributed by atoms with Gasteiger partial charge in [-0.25, -0.2) is 0 Å². The van der Waals surface area contributed by atoms with E-state index in [1.807, 2.05) is 12.3 Å². The van der Waals surface area contributed by atoms with Crippen LogP contribution in [-0.4, -0.2) is 23.2 Å². The smallest absolute Gasteiger partial charge is 0.0570 e. The fourth-order valence-corrected chi connectivity index (χ4v) is 2.21. The zero-order chi connectivity index (χ0) is 10.7. The molecular weight excluding hydrogens is 188 g/mol. The SMILES string of the molecule is C[C@@H]1CC(Nc2cccnc2)C[C@@H](C)O1.